The summed E-state index contributed by atoms with van der Waals surface area (Å²) in [5.74, 6) is -1.21. The van der Waals surface area contributed by atoms with Gasteiger partial charge in [-0.1, -0.05) is 0 Å². The molecule has 1 heterocycles. The molecule has 4 N–H and O–H groups in total. The van der Waals surface area contributed by atoms with Crippen molar-refractivity contribution in [2.75, 3.05) is 26.1 Å². The highest BCUT2D eigenvalue weighted by atomic mass is 19.1. The number of carbonyl (C=O) groups excluding carboxylic acids is 2. The van der Waals surface area contributed by atoms with Gasteiger partial charge in [0.15, 0.2) is 23.1 Å². The van der Waals surface area contributed by atoms with Crippen LogP contribution in [-0.2, 0) is 9.59 Å². The van der Waals surface area contributed by atoms with Crippen LogP contribution in [0.25, 0.3) is 10.9 Å². The zero-order chi connectivity index (χ0) is 23.6. The van der Waals surface area contributed by atoms with Crippen molar-refractivity contribution < 1.29 is 28.2 Å². The van der Waals surface area contributed by atoms with E-state index in [9.17, 15) is 14.0 Å². The third-order valence-corrected chi connectivity index (χ3v) is 5.24. The van der Waals surface area contributed by atoms with Crippen molar-refractivity contribution in [3.63, 3.8) is 0 Å². The summed E-state index contributed by atoms with van der Waals surface area (Å²) in [4.78, 5) is 27.3. The number of nitrogens with zero attached hydrogens (tertiary/aromatic N) is 1. The molecule has 0 saturated heterocycles. The number of methoxy groups -OCH3 is 1. The Morgan fingerprint density at radius 1 is 1.09 bits per heavy atom. The second-order valence-electron chi connectivity index (χ2n) is 7.76. The summed E-state index contributed by atoms with van der Waals surface area (Å²) in [7, 11) is 2.84. The average molecular weight is 454 g/mol. The van der Waals surface area contributed by atoms with Gasteiger partial charge < -0.3 is 30.6 Å². The van der Waals surface area contributed by atoms with Gasteiger partial charge in [0.2, 0.25) is 0 Å². The summed E-state index contributed by atoms with van der Waals surface area (Å²) in [5, 5.41) is 5.09. The minimum Gasteiger partial charge on any atom is -0.493 e. The van der Waals surface area contributed by atoms with E-state index in [-0.39, 0.29) is 17.0 Å². The third-order valence-electron chi connectivity index (χ3n) is 5.24. The lowest BCUT2D eigenvalue weighted by Gasteiger charge is -2.16. The number of halogens is 1. The first kappa shape index (κ1) is 22.3. The molecule has 0 aliphatic heterocycles. The number of anilines is 1. The maximum absolute atomic E-state index is 14.6. The Hall–Kier alpha value is -3.92. The van der Waals surface area contributed by atoms with E-state index in [0.717, 1.165) is 18.9 Å². The molecule has 0 spiro atoms. The highest BCUT2D eigenvalue weighted by Gasteiger charge is 2.39. The fourth-order valence-electron chi connectivity index (χ4n) is 3.10. The molecule has 10 heteroatoms. The number of aromatic nitrogens is 1. The summed E-state index contributed by atoms with van der Waals surface area (Å²) in [6, 6.07) is 8.87. The molecule has 33 heavy (non-hydrogen) atoms. The van der Waals surface area contributed by atoms with Gasteiger partial charge in [-0.25, -0.2) is 4.39 Å². The van der Waals surface area contributed by atoms with Gasteiger partial charge in [0.25, 0.3) is 0 Å². The van der Waals surface area contributed by atoms with Crippen LogP contribution in [0.5, 0.6) is 23.0 Å². The van der Waals surface area contributed by atoms with Crippen LogP contribution in [0.4, 0.5) is 10.1 Å². The van der Waals surface area contributed by atoms with Crippen molar-refractivity contribution in [3.8, 4) is 23.0 Å². The van der Waals surface area contributed by atoms with Crippen molar-refractivity contribution in [1.82, 2.24) is 10.3 Å². The fraction of sp³-hybridized carbons (Fsp3) is 0.261. The van der Waals surface area contributed by atoms with E-state index in [1.807, 2.05) is 0 Å². The van der Waals surface area contributed by atoms with E-state index in [1.54, 1.807) is 18.2 Å². The normalized spacial score (nSPS) is 13.8. The van der Waals surface area contributed by atoms with Crippen LogP contribution in [0.1, 0.15) is 12.8 Å². The van der Waals surface area contributed by atoms with Crippen molar-refractivity contribution in [2.45, 2.75) is 18.4 Å². The quantitative estimate of drug-likeness (QED) is 0.469. The predicted molar refractivity (Wildman–Crippen MR) is 119 cm³/mol. The summed E-state index contributed by atoms with van der Waals surface area (Å²) >= 11 is 0. The molecule has 2 aromatic carbocycles. The van der Waals surface area contributed by atoms with E-state index >= 15 is 0 Å². The standard InChI is InChI=1S/C23H23FN4O5/c1-26-21(29)22(30)28-13-3-4-18(15(24)9-13)33-17-5-8-27-16-11-20(19(31-2)10-14(16)17)32-12-23(25)6-7-23/h3-5,8-11H,6-7,12,25H2,1-2H3,(H,26,29)(H,28,30). The molecule has 1 aliphatic carbocycles. The van der Waals surface area contributed by atoms with Crippen molar-refractivity contribution in [1.29, 1.82) is 0 Å². The number of nitrogens with one attached hydrogen (secondary N) is 2. The number of amides is 2. The maximum atomic E-state index is 14.6. The molecule has 1 saturated carbocycles. The number of hydrogen-bond donors (Lipinski definition) is 3. The lowest BCUT2D eigenvalue weighted by molar-refractivity contribution is -0.135. The van der Waals surface area contributed by atoms with Crippen LogP contribution in [0.3, 0.4) is 0 Å². The Balaban J connectivity index is 1.58. The SMILES string of the molecule is CNC(=O)C(=O)Nc1ccc(Oc2ccnc3cc(OCC4(N)CC4)c(OC)cc23)c(F)c1. The number of fused-ring (bicyclic) bond motifs is 1. The first-order valence-corrected chi connectivity index (χ1v) is 10.2. The molecule has 0 unspecified atom stereocenters. The minimum atomic E-state index is -0.905. The molecule has 3 aromatic rings. The summed E-state index contributed by atoms with van der Waals surface area (Å²) in [6.07, 6.45) is 3.37. The lowest BCUT2D eigenvalue weighted by Crippen LogP contribution is -2.32. The van der Waals surface area contributed by atoms with Crippen molar-refractivity contribution in [3.05, 3.63) is 48.4 Å². The van der Waals surface area contributed by atoms with E-state index in [2.05, 4.69) is 15.6 Å². The Kier molecular flexibility index (Phi) is 6.01. The predicted octanol–water partition coefficient (Wildman–Crippen LogP) is 2.73. The number of ether oxygens (including phenoxy) is 3. The molecular weight excluding hydrogens is 431 g/mol. The Morgan fingerprint density at radius 2 is 1.88 bits per heavy atom. The van der Waals surface area contributed by atoms with Crippen LogP contribution in [0, 0.1) is 5.82 Å². The number of nitrogens with two attached hydrogens (primary N) is 1. The molecule has 0 radical (unpaired) electrons. The summed E-state index contributed by atoms with van der Waals surface area (Å²) in [5.41, 5.74) is 6.50. The number of rotatable bonds is 7. The van der Waals surface area contributed by atoms with Crippen LogP contribution in [0.2, 0.25) is 0 Å². The molecule has 2 amide bonds. The fourth-order valence-corrected chi connectivity index (χ4v) is 3.10. The molecule has 0 bridgehead atoms. The summed E-state index contributed by atoms with van der Waals surface area (Å²) in [6.45, 7) is 0.374. The van der Waals surface area contributed by atoms with E-state index < -0.39 is 17.6 Å². The van der Waals surface area contributed by atoms with Gasteiger partial charge in [-0.2, -0.15) is 0 Å². The van der Waals surface area contributed by atoms with Gasteiger partial charge in [-0.05, 0) is 37.1 Å². The van der Waals surface area contributed by atoms with Gasteiger partial charge in [0.1, 0.15) is 12.4 Å². The summed E-state index contributed by atoms with van der Waals surface area (Å²) < 4.78 is 31.7. The zero-order valence-electron chi connectivity index (χ0n) is 18.1. The average Bonchev–Trinajstić information content (AvgIpc) is 3.55. The Labute approximate surface area is 189 Å². The lowest BCUT2D eigenvalue weighted by atomic mass is 10.1. The van der Waals surface area contributed by atoms with Gasteiger partial charge >= 0.3 is 11.8 Å². The van der Waals surface area contributed by atoms with Crippen LogP contribution >= 0.6 is 0 Å². The molecular formula is C23H23FN4O5. The molecule has 172 valence electrons. The van der Waals surface area contributed by atoms with Gasteiger partial charge in [0, 0.05) is 36.5 Å². The van der Waals surface area contributed by atoms with Crippen molar-refractivity contribution >= 4 is 28.4 Å². The second-order valence-corrected chi connectivity index (χ2v) is 7.76. The molecule has 0 atom stereocenters. The molecule has 1 fully saturated rings. The van der Waals surface area contributed by atoms with Gasteiger partial charge in [-0.15, -0.1) is 0 Å². The largest absolute Gasteiger partial charge is 0.493 e. The van der Waals surface area contributed by atoms with Gasteiger partial charge in [-0.3, -0.25) is 14.6 Å². The van der Waals surface area contributed by atoms with Crippen LogP contribution < -0.4 is 30.6 Å². The monoisotopic (exact) mass is 454 g/mol. The zero-order valence-corrected chi connectivity index (χ0v) is 18.1. The second kappa shape index (κ2) is 8.91. The Morgan fingerprint density at radius 3 is 2.55 bits per heavy atom. The Bertz CT molecular complexity index is 1230. The van der Waals surface area contributed by atoms with E-state index in [4.69, 9.17) is 19.9 Å². The number of benzene rings is 2. The molecule has 1 aromatic heterocycles. The third kappa shape index (κ3) is 4.96. The topological polar surface area (TPSA) is 125 Å². The number of likely N-dealkylation sites (N-methyl/N-ethyl adjacent to an activating group) is 1. The molecule has 4 rings (SSSR count). The highest BCUT2D eigenvalue weighted by molar-refractivity contribution is 6.39. The van der Waals surface area contributed by atoms with Gasteiger partial charge in [0.05, 0.1) is 18.2 Å². The first-order chi connectivity index (χ1) is 15.8. The maximum Gasteiger partial charge on any atom is 0.313 e. The minimum absolute atomic E-state index is 0.0708. The first-order valence-electron chi connectivity index (χ1n) is 10.2. The molecule has 1 aliphatic rings. The van der Waals surface area contributed by atoms with E-state index in [0.29, 0.717) is 34.8 Å². The van der Waals surface area contributed by atoms with E-state index in [1.165, 1.54) is 32.5 Å². The number of pyridine rings is 1. The number of carbonyl (C=O) groups is 2. The van der Waals surface area contributed by atoms with Crippen LogP contribution in [-0.4, -0.2) is 43.1 Å². The van der Waals surface area contributed by atoms with Crippen molar-refractivity contribution in [2.24, 2.45) is 5.73 Å². The molecule has 9 nitrogen and oxygen atoms in total. The highest BCUT2D eigenvalue weighted by Crippen LogP contribution is 2.39. The number of hydrogen-bond acceptors (Lipinski definition) is 7. The van der Waals surface area contributed by atoms with Crippen LogP contribution in [0.15, 0.2) is 42.6 Å². The smallest absolute Gasteiger partial charge is 0.313 e.